The van der Waals surface area contributed by atoms with Crippen LogP contribution < -0.4 is 0 Å². The van der Waals surface area contributed by atoms with Crippen molar-refractivity contribution < 1.29 is 0 Å². The average Bonchev–Trinajstić information content (AvgIpc) is 2.91. The third-order valence-corrected chi connectivity index (χ3v) is 16.2. The molecule has 10 rings (SSSR count). The summed E-state index contributed by atoms with van der Waals surface area (Å²) in [4.78, 5) is 0. The van der Waals surface area contributed by atoms with E-state index in [1.807, 2.05) is 0 Å². The van der Waals surface area contributed by atoms with Crippen LogP contribution >= 0.6 is 0 Å². The lowest BCUT2D eigenvalue weighted by Gasteiger charge is -2.80. The number of hydrogen-bond acceptors (Lipinski definition) is 0. The molecule has 0 nitrogen and oxygen atoms in total. The van der Waals surface area contributed by atoms with Crippen LogP contribution in [0.5, 0.6) is 0 Å². The Kier molecular flexibility index (Phi) is 6.81. The minimum atomic E-state index is -1.44. The fourth-order valence-electron chi connectivity index (χ4n) is 15.5. The molecule has 2 aromatic rings. The van der Waals surface area contributed by atoms with Crippen molar-refractivity contribution in [1.29, 1.82) is 0 Å². The first-order chi connectivity index (χ1) is 22.1. The smallest absolute Gasteiger partial charge is 0.127 e. The largest absolute Gasteiger partial charge is 0.129 e. The molecule has 8 bridgehead atoms. The Labute approximate surface area is 296 Å². The quantitative estimate of drug-likeness (QED) is 0.225. The molecule has 4 atom stereocenters. The van der Waals surface area contributed by atoms with Gasteiger partial charge in [-0.15, -0.1) is 11.1 Å². The predicted molar refractivity (Wildman–Crippen MR) is 209 cm³/mol. The lowest BCUT2D eigenvalue weighted by atomic mass is 9.24. The zero-order chi connectivity index (χ0) is 34.3. The van der Waals surface area contributed by atoms with Gasteiger partial charge in [0.15, 0.2) is 0 Å². The molecule has 254 valence electrons. The fourth-order valence-corrected chi connectivity index (χ4v) is 16.5. The third-order valence-electron chi connectivity index (χ3n) is 14.4. The van der Waals surface area contributed by atoms with Crippen LogP contribution in [0.2, 0.25) is 39.3 Å². The normalized spacial score (nSPS) is 43.8. The van der Waals surface area contributed by atoms with Gasteiger partial charge >= 0.3 is 0 Å². The molecule has 8 saturated carbocycles. The van der Waals surface area contributed by atoms with E-state index in [1.165, 1.54) is 88.2 Å². The fraction of sp³-hybridized carbons (Fsp3) is 0.652. The molecule has 0 N–H and O–H groups in total. The molecular weight excluding hydrogens is 609 g/mol. The first kappa shape index (κ1) is 33.2. The van der Waals surface area contributed by atoms with Gasteiger partial charge in [-0.25, -0.2) is 0 Å². The van der Waals surface area contributed by atoms with Crippen LogP contribution in [0.4, 0.5) is 0 Å². The molecule has 2 aromatic carbocycles. The van der Waals surface area contributed by atoms with Gasteiger partial charge in [-0.05, 0) is 156 Å². The van der Waals surface area contributed by atoms with Gasteiger partial charge in [0.2, 0.25) is 0 Å². The Morgan fingerprint density at radius 3 is 1.08 bits per heavy atom. The molecule has 0 amide bonds. The Bertz CT molecular complexity index is 1640. The summed E-state index contributed by atoms with van der Waals surface area (Å²) < 4.78 is 0. The van der Waals surface area contributed by atoms with E-state index >= 15 is 0 Å². The van der Waals surface area contributed by atoms with E-state index in [4.69, 9.17) is 0 Å². The van der Waals surface area contributed by atoms with Crippen molar-refractivity contribution in [2.75, 3.05) is 0 Å². The lowest BCUT2D eigenvalue weighted by Crippen LogP contribution is -2.71. The van der Waals surface area contributed by atoms with Gasteiger partial charge in [-0.2, -0.15) is 0 Å². The summed E-state index contributed by atoms with van der Waals surface area (Å²) in [5, 5.41) is 0. The van der Waals surface area contributed by atoms with Crippen LogP contribution in [-0.4, -0.2) is 16.1 Å². The highest BCUT2D eigenvalue weighted by Crippen LogP contribution is 2.85. The van der Waals surface area contributed by atoms with E-state index in [0.717, 1.165) is 0 Å². The van der Waals surface area contributed by atoms with Crippen molar-refractivity contribution in [2.24, 2.45) is 32.5 Å². The van der Waals surface area contributed by atoms with Gasteiger partial charge in [-0.1, -0.05) is 103 Å². The third kappa shape index (κ3) is 5.38. The van der Waals surface area contributed by atoms with Crippen LogP contribution in [0.3, 0.4) is 0 Å². The van der Waals surface area contributed by atoms with E-state index in [2.05, 4.69) is 138 Å². The van der Waals surface area contributed by atoms with Crippen molar-refractivity contribution in [2.45, 2.75) is 155 Å². The van der Waals surface area contributed by atoms with Crippen molar-refractivity contribution in [3.8, 4) is 22.9 Å². The number of rotatable bonds is 3. The van der Waals surface area contributed by atoms with Crippen LogP contribution in [0.25, 0.3) is 0 Å². The summed E-state index contributed by atoms with van der Waals surface area (Å²) in [7, 11) is -2.87. The molecule has 0 spiro atoms. The van der Waals surface area contributed by atoms with Gasteiger partial charge in [0.05, 0.1) is 0 Å². The maximum absolute atomic E-state index is 3.68. The number of hydrogen-bond donors (Lipinski definition) is 0. The van der Waals surface area contributed by atoms with Crippen molar-refractivity contribution in [3.63, 3.8) is 0 Å². The van der Waals surface area contributed by atoms with Crippen molar-refractivity contribution >= 4 is 16.1 Å². The Balaban J connectivity index is 1.25. The van der Waals surface area contributed by atoms with Gasteiger partial charge in [-0.3, -0.25) is 0 Å². The highest BCUT2D eigenvalue weighted by Gasteiger charge is 2.76. The van der Waals surface area contributed by atoms with Crippen LogP contribution in [0, 0.1) is 55.4 Å². The molecule has 2 heteroatoms. The van der Waals surface area contributed by atoms with Gasteiger partial charge in [0.1, 0.15) is 16.1 Å². The molecule has 0 saturated heterocycles. The average molecular weight is 671 g/mol. The molecule has 8 fully saturated rings. The second-order valence-corrected chi connectivity index (χ2v) is 32.1. The highest BCUT2D eigenvalue weighted by atomic mass is 28.3. The maximum Gasteiger partial charge on any atom is 0.129 e. The van der Waals surface area contributed by atoms with E-state index in [0.29, 0.717) is 32.5 Å². The van der Waals surface area contributed by atoms with Crippen molar-refractivity contribution in [3.05, 3.63) is 70.8 Å². The molecule has 0 radical (unpaired) electrons. The Hall–Kier alpha value is -2.01. The lowest BCUT2D eigenvalue weighted by molar-refractivity contribution is -0.275. The number of benzene rings is 2. The zero-order valence-corrected chi connectivity index (χ0v) is 34.1. The summed E-state index contributed by atoms with van der Waals surface area (Å²) in [5.74, 6) is 7.31. The molecule has 0 aromatic heterocycles. The molecule has 48 heavy (non-hydrogen) atoms. The highest BCUT2D eigenvalue weighted by molar-refractivity contribution is 6.84. The minimum absolute atomic E-state index is 0.278. The van der Waals surface area contributed by atoms with E-state index in [-0.39, 0.29) is 10.8 Å². The van der Waals surface area contributed by atoms with Gasteiger partial charge < -0.3 is 0 Å². The standard InChI is InChI=1S/C46H62Si2/c1-39-23-40(2)26-43(25-39,37-15-11-13-35(21-37)17-19-47(5,6)7)33-45(29-39,30-40)46-31-41(3)24-42(4,32-46)28-44(27-41,34-46)38-16-12-14-36(22-38)18-20-48(8,9)10/h11-16,21-22H,23-34H2,1-10H3. The molecular formula is C46H62Si2. The first-order valence-electron chi connectivity index (χ1n) is 19.4. The molecule has 0 heterocycles. The first-order valence-corrected chi connectivity index (χ1v) is 26.4. The molecule has 4 unspecified atom stereocenters. The summed E-state index contributed by atoms with van der Waals surface area (Å²) in [6, 6.07) is 19.4. The molecule has 8 aliphatic carbocycles. The topological polar surface area (TPSA) is 0 Å². The Morgan fingerprint density at radius 2 is 0.771 bits per heavy atom. The van der Waals surface area contributed by atoms with Crippen LogP contribution in [-0.2, 0) is 10.8 Å². The summed E-state index contributed by atoms with van der Waals surface area (Å²) >= 11 is 0. The molecule has 0 aliphatic heterocycles. The second-order valence-electron chi connectivity index (χ2n) is 22.6. The zero-order valence-electron chi connectivity index (χ0n) is 32.1. The minimum Gasteiger partial charge on any atom is -0.127 e. The van der Waals surface area contributed by atoms with Crippen LogP contribution in [0.1, 0.15) is 127 Å². The molecule has 8 aliphatic rings. The monoisotopic (exact) mass is 670 g/mol. The summed E-state index contributed by atoms with van der Waals surface area (Å²) in [6.45, 7) is 25.1. The van der Waals surface area contributed by atoms with E-state index < -0.39 is 16.1 Å². The second kappa shape index (κ2) is 9.86. The maximum atomic E-state index is 3.68. The van der Waals surface area contributed by atoms with E-state index in [1.54, 1.807) is 11.1 Å². The summed E-state index contributed by atoms with van der Waals surface area (Å²) in [5.41, 5.74) is 16.2. The Morgan fingerprint density at radius 1 is 0.438 bits per heavy atom. The van der Waals surface area contributed by atoms with Gasteiger partial charge in [0.25, 0.3) is 0 Å². The SMILES string of the molecule is CC12CC3(C)CC(c4cccc(C#C[Si](C)(C)C)c4)(C1)CC(C14CC5(C)CC(C)(CC(c6cccc(C#C[Si](C)(C)C)c6)(C5)C1)C4)(C2)C3. The van der Waals surface area contributed by atoms with Crippen molar-refractivity contribution in [1.82, 2.24) is 0 Å². The van der Waals surface area contributed by atoms with Crippen LogP contribution in [0.15, 0.2) is 48.5 Å². The summed E-state index contributed by atoms with van der Waals surface area (Å²) in [6.07, 6.45) is 17.0. The van der Waals surface area contributed by atoms with E-state index in [9.17, 15) is 0 Å². The van der Waals surface area contributed by atoms with Gasteiger partial charge in [0, 0.05) is 11.1 Å². The predicted octanol–water partition coefficient (Wildman–Crippen LogP) is 12.1.